The van der Waals surface area contributed by atoms with Crippen molar-refractivity contribution >= 4 is 52.3 Å². The molecule has 0 unspecified atom stereocenters. The molecule has 0 atom stereocenters. The van der Waals surface area contributed by atoms with Crippen molar-refractivity contribution in [2.75, 3.05) is 24.7 Å². The van der Waals surface area contributed by atoms with Crippen LogP contribution >= 0.6 is 35.6 Å². The molecule has 2 aromatic carbocycles. The molecule has 2 aromatic rings. The Bertz CT molecular complexity index is 813. The Morgan fingerprint density at radius 1 is 1.33 bits per heavy atom. The minimum Gasteiger partial charge on any atom is -0.465 e. The molecule has 0 spiro atoms. The summed E-state index contributed by atoms with van der Waals surface area (Å²) in [6.07, 6.45) is 0. The summed E-state index contributed by atoms with van der Waals surface area (Å²) in [4.78, 5) is 11.6. The quantitative estimate of drug-likeness (QED) is 0.377. The number of esters is 1. The summed E-state index contributed by atoms with van der Waals surface area (Å²) in [6, 6.07) is 9.91. The van der Waals surface area contributed by atoms with Crippen molar-refractivity contribution in [3.05, 3.63) is 63.9 Å². The second kappa shape index (κ2) is 10.5. The van der Waals surface area contributed by atoms with Gasteiger partial charge in [-0.05, 0) is 49.0 Å². The number of carbonyl (C=O) groups is 1. The average molecular weight is 427 g/mol. The van der Waals surface area contributed by atoms with Gasteiger partial charge in [-0.25, -0.2) is 9.18 Å². The number of thioether (sulfide) groups is 1. The zero-order valence-electron chi connectivity index (χ0n) is 15.0. The van der Waals surface area contributed by atoms with Gasteiger partial charge >= 0.3 is 5.97 Å². The second-order valence-electron chi connectivity index (χ2n) is 5.65. The summed E-state index contributed by atoms with van der Waals surface area (Å²) >= 11 is 12.9. The van der Waals surface area contributed by atoms with Crippen molar-refractivity contribution in [3.8, 4) is 0 Å². The van der Waals surface area contributed by atoms with Crippen LogP contribution in [0, 0.1) is 12.7 Å². The van der Waals surface area contributed by atoms with Crippen molar-refractivity contribution in [3.63, 3.8) is 0 Å². The third-order valence-electron chi connectivity index (χ3n) is 3.75. The van der Waals surface area contributed by atoms with Crippen molar-refractivity contribution < 1.29 is 13.9 Å². The highest BCUT2D eigenvalue weighted by atomic mass is 35.5. The van der Waals surface area contributed by atoms with E-state index < -0.39 is 5.97 Å². The Morgan fingerprint density at radius 2 is 2.11 bits per heavy atom. The maximum atomic E-state index is 13.7. The van der Waals surface area contributed by atoms with Crippen molar-refractivity contribution in [1.82, 2.24) is 5.32 Å². The number of nitrogens with one attached hydrogen (secondary N) is 2. The molecular weight excluding hydrogens is 407 g/mol. The molecule has 2 N–H and O–H groups in total. The number of ether oxygens (including phenoxy) is 1. The Hall–Kier alpha value is -1.83. The number of thiocarbonyl (C=S) groups is 1. The van der Waals surface area contributed by atoms with E-state index in [1.54, 1.807) is 36.0 Å². The molecule has 2 rings (SSSR count). The summed E-state index contributed by atoms with van der Waals surface area (Å²) < 4.78 is 18.4. The maximum Gasteiger partial charge on any atom is 0.337 e. The predicted octanol–water partition coefficient (Wildman–Crippen LogP) is 4.79. The highest BCUT2D eigenvalue weighted by Crippen LogP contribution is 2.23. The summed E-state index contributed by atoms with van der Waals surface area (Å²) in [7, 11) is 1.34. The fraction of sp³-hybridized carbons (Fsp3) is 0.263. The third-order valence-corrected chi connectivity index (χ3v) is 5.33. The topological polar surface area (TPSA) is 50.4 Å². The molecule has 0 fully saturated rings. The first-order chi connectivity index (χ1) is 12.9. The minimum atomic E-state index is -0.403. The van der Waals surface area contributed by atoms with Crippen LogP contribution in [0.15, 0.2) is 36.4 Å². The molecule has 0 saturated carbocycles. The summed E-state index contributed by atoms with van der Waals surface area (Å²) in [5.41, 5.74) is 2.66. The van der Waals surface area contributed by atoms with E-state index in [9.17, 15) is 9.18 Å². The monoisotopic (exact) mass is 426 g/mol. The van der Waals surface area contributed by atoms with Gasteiger partial charge in [-0.2, -0.15) is 11.8 Å². The zero-order valence-corrected chi connectivity index (χ0v) is 17.4. The molecule has 0 saturated heterocycles. The maximum absolute atomic E-state index is 13.7. The van der Waals surface area contributed by atoms with Gasteiger partial charge in [-0.1, -0.05) is 23.7 Å². The lowest BCUT2D eigenvalue weighted by molar-refractivity contribution is 0.0601. The standard InChI is InChI=1S/C19H20ClFN2O2S2/c1-12-6-7-13(18(24)25-2)10-17(12)23-19(26)22-8-9-27-11-14-15(20)4-3-5-16(14)21/h3-7,10H,8-9,11H2,1-2H3,(H2,22,23,26). The molecule has 0 aliphatic rings. The number of benzene rings is 2. The minimum absolute atomic E-state index is 0.291. The predicted molar refractivity (Wildman–Crippen MR) is 114 cm³/mol. The smallest absolute Gasteiger partial charge is 0.337 e. The SMILES string of the molecule is COC(=O)c1ccc(C)c(NC(=S)NCCSCc2c(F)cccc2Cl)c1. The first-order valence-electron chi connectivity index (χ1n) is 8.17. The summed E-state index contributed by atoms with van der Waals surface area (Å²) in [5, 5.41) is 7.06. The van der Waals surface area contributed by atoms with Crippen LogP contribution in [-0.2, 0) is 10.5 Å². The van der Waals surface area contributed by atoms with Crippen LogP contribution in [0.5, 0.6) is 0 Å². The van der Waals surface area contributed by atoms with Crippen molar-refractivity contribution in [2.24, 2.45) is 0 Å². The Kier molecular flexibility index (Phi) is 8.34. The number of carbonyl (C=O) groups excluding carboxylic acids is 1. The molecule has 144 valence electrons. The summed E-state index contributed by atoms with van der Waals surface area (Å²) in [6.45, 7) is 2.53. The van der Waals surface area contributed by atoms with E-state index in [0.717, 1.165) is 17.0 Å². The molecule has 4 nitrogen and oxygen atoms in total. The van der Waals surface area contributed by atoms with Gasteiger partial charge in [-0.3, -0.25) is 0 Å². The van der Waals surface area contributed by atoms with Crippen molar-refractivity contribution in [1.29, 1.82) is 0 Å². The van der Waals surface area contributed by atoms with Crippen LogP contribution in [0.1, 0.15) is 21.5 Å². The van der Waals surface area contributed by atoms with Crippen LogP contribution in [0.4, 0.5) is 10.1 Å². The van der Waals surface area contributed by atoms with E-state index in [-0.39, 0.29) is 5.82 Å². The lowest BCUT2D eigenvalue weighted by Gasteiger charge is -2.13. The molecule has 0 radical (unpaired) electrons. The number of hydrogen-bond acceptors (Lipinski definition) is 4. The zero-order chi connectivity index (χ0) is 19.8. The number of methoxy groups -OCH3 is 1. The average Bonchev–Trinajstić information content (AvgIpc) is 2.64. The van der Waals surface area contributed by atoms with Crippen LogP contribution < -0.4 is 10.6 Å². The van der Waals surface area contributed by atoms with E-state index in [1.165, 1.54) is 13.2 Å². The van der Waals surface area contributed by atoms with Gasteiger partial charge in [0.2, 0.25) is 0 Å². The van der Waals surface area contributed by atoms with E-state index >= 15 is 0 Å². The van der Waals surface area contributed by atoms with Gasteiger partial charge in [-0.15, -0.1) is 0 Å². The first kappa shape index (κ1) is 21.5. The number of aryl methyl sites for hydroxylation is 1. The normalized spacial score (nSPS) is 10.4. The number of anilines is 1. The lowest BCUT2D eigenvalue weighted by Crippen LogP contribution is -2.30. The third kappa shape index (κ3) is 6.37. The van der Waals surface area contributed by atoms with Gasteiger partial charge in [0.05, 0.1) is 12.7 Å². The lowest BCUT2D eigenvalue weighted by atomic mass is 10.1. The molecule has 0 amide bonds. The second-order valence-corrected chi connectivity index (χ2v) is 7.58. The van der Waals surface area contributed by atoms with Crippen LogP contribution in [0.25, 0.3) is 0 Å². The molecule has 0 aliphatic carbocycles. The molecule has 0 heterocycles. The molecule has 0 aromatic heterocycles. The Morgan fingerprint density at radius 3 is 2.81 bits per heavy atom. The Balaban J connectivity index is 1.79. The van der Waals surface area contributed by atoms with Gasteiger partial charge < -0.3 is 15.4 Å². The highest BCUT2D eigenvalue weighted by Gasteiger charge is 2.09. The van der Waals surface area contributed by atoms with Gasteiger partial charge in [0.25, 0.3) is 0 Å². The van der Waals surface area contributed by atoms with E-state index in [0.29, 0.717) is 33.6 Å². The number of hydrogen-bond donors (Lipinski definition) is 2. The molecule has 27 heavy (non-hydrogen) atoms. The van der Waals surface area contributed by atoms with Crippen LogP contribution in [0.2, 0.25) is 5.02 Å². The first-order valence-corrected chi connectivity index (χ1v) is 10.1. The van der Waals surface area contributed by atoms with Gasteiger partial charge in [0, 0.05) is 34.3 Å². The van der Waals surface area contributed by atoms with Crippen LogP contribution in [-0.4, -0.2) is 30.5 Å². The largest absolute Gasteiger partial charge is 0.465 e. The number of rotatable bonds is 7. The molecule has 8 heteroatoms. The molecule has 0 bridgehead atoms. The van der Waals surface area contributed by atoms with E-state index in [1.807, 2.05) is 13.0 Å². The van der Waals surface area contributed by atoms with Crippen molar-refractivity contribution in [2.45, 2.75) is 12.7 Å². The molecular formula is C19H20ClFN2O2S2. The van der Waals surface area contributed by atoms with Gasteiger partial charge in [0.1, 0.15) is 5.82 Å². The number of halogens is 2. The molecule has 0 aliphatic heterocycles. The van der Waals surface area contributed by atoms with Crippen LogP contribution in [0.3, 0.4) is 0 Å². The highest BCUT2D eigenvalue weighted by molar-refractivity contribution is 7.98. The fourth-order valence-corrected chi connectivity index (χ4v) is 3.66. The summed E-state index contributed by atoms with van der Waals surface area (Å²) in [5.74, 6) is 0.530. The Labute approximate surface area is 172 Å². The van der Waals surface area contributed by atoms with E-state index in [2.05, 4.69) is 10.6 Å². The van der Waals surface area contributed by atoms with Gasteiger partial charge in [0.15, 0.2) is 5.11 Å². The van der Waals surface area contributed by atoms with E-state index in [4.69, 9.17) is 28.6 Å². The fourth-order valence-electron chi connectivity index (χ4n) is 2.25.